The molecule has 0 saturated heterocycles. The van der Waals surface area contributed by atoms with Gasteiger partial charge in [0.2, 0.25) is 5.91 Å². The van der Waals surface area contributed by atoms with E-state index in [1.807, 2.05) is 30.3 Å². The number of amides is 1. The standard InChI is InChI=1S/C19H19Cl2N3O3/c20-11-7-12(21)17-14(8-11)23-16(19(26)27)9-15(17)24-18(25)13(22)6-10-4-2-1-3-5-10/h1-5,7-8,13,15-16,23H,6,9,22H2,(H,24,25)(H,26,27)/t13-,15-,16-/m1/s1. The van der Waals surface area contributed by atoms with E-state index in [-0.39, 0.29) is 12.3 Å². The molecule has 1 heterocycles. The number of carbonyl (C=O) groups is 2. The summed E-state index contributed by atoms with van der Waals surface area (Å²) in [4.78, 5) is 24.1. The quantitative estimate of drug-likeness (QED) is 0.609. The zero-order valence-electron chi connectivity index (χ0n) is 14.3. The predicted octanol–water partition coefficient (Wildman–Crippen LogP) is 2.99. The molecule has 0 spiro atoms. The number of carbonyl (C=O) groups excluding carboxylic acids is 1. The van der Waals surface area contributed by atoms with Gasteiger partial charge in [0.25, 0.3) is 0 Å². The monoisotopic (exact) mass is 407 g/mol. The number of carboxylic acid groups (broad SMARTS) is 1. The molecule has 1 amide bonds. The van der Waals surface area contributed by atoms with Gasteiger partial charge in [0, 0.05) is 27.7 Å². The van der Waals surface area contributed by atoms with Gasteiger partial charge in [-0.1, -0.05) is 53.5 Å². The first kappa shape index (κ1) is 19.5. The van der Waals surface area contributed by atoms with Crippen LogP contribution in [0.4, 0.5) is 5.69 Å². The number of anilines is 1. The van der Waals surface area contributed by atoms with Crippen molar-refractivity contribution in [2.24, 2.45) is 5.73 Å². The minimum Gasteiger partial charge on any atom is -0.480 e. The summed E-state index contributed by atoms with van der Waals surface area (Å²) in [7, 11) is 0. The maximum absolute atomic E-state index is 12.6. The van der Waals surface area contributed by atoms with Gasteiger partial charge < -0.3 is 21.5 Å². The minimum atomic E-state index is -1.02. The van der Waals surface area contributed by atoms with Crippen LogP contribution in [0.5, 0.6) is 0 Å². The van der Waals surface area contributed by atoms with E-state index in [0.29, 0.717) is 27.7 Å². The topological polar surface area (TPSA) is 104 Å². The van der Waals surface area contributed by atoms with Gasteiger partial charge in [-0.25, -0.2) is 4.79 Å². The highest BCUT2D eigenvalue weighted by Gasteiger charge is 2.34. The third-order valence-electron chi connectivity index (χ3n) is 4.49. The van der Waals surface area contributed by atoms with E-state index in [9.17, 15) is 14.7 Å². The average Bonchev–Trinajstić information content (AvgIpc) is 2.61. The minimum absolute atomic E-state index is 0.146. The van der Waals surface area contributed by atoms with Crippen LogP contribution in [0, 0.1) is 0 Å². The Balaban J connectivity index is 1.80. The summed E-state index contributed by atoms with van der Waals surface area (Å²) in [5, 5.41) is 15.9. The lowest BCUT2D eigenvalue weighted by molar-refractivity contribution is -0.138. The molecule has 0 unspecified atom stereocenters. The zero-order valence-corrected chi connectivity index (χ0v) is 15.8. The number of halogens is 2. The lowest BCUT2D eigenvalue weighted by atomic mass is 9.92. The van der Waals surface area contributed by atoms with Gasteiger partial charge in [-0.15, -0.1) is 0 Å². The van der Waals surface area contributed by atoms with Crippen LogP contribution >= 0.6 is 23.2 Å². The molecule has 0 bridgehead atoms. The average molecular weight is 408 g/mol. The molecule has 0 aromatic heterocycles. The largest absolute Gasteiger partial charge is 0.480 e. The van der Waals surface area contributed by atoms with E-state index in [1.165, 1.54) is 0 Å². The van der Waals surface area contributed by atoms with E-state index in [0.717, 1.165) is 5.56 Å². The molecule has 1 aliphatic rings. The van der Waals surface area contributed by atoms with Gasteiger partial charge in [-0.3, -0.25) is 4.79 Å². The third kappa shape index (κ3) is 4.53. The maximum atomic E-state index is 12.6. The number of fused-ring (bicyclic) bond motifs is 1. The van der Waals surface area contributed by atoms with Gasteiger partial charge in [-0.2, -0.15) is 0 Å². The molecule has 0 radical (unpaired) electrons. The van der Waals surface area contributed by atoms with Crippen LogP contribution in [0.1, 0.15) is 23.6 Å². The Labute approximate surface area is 166 Å². The number of aliphatic carboxylic acids is 1. The van der Waals surface area contributed by atoms with Crippen molar-refractivity contribution in [3.8, 4) is 0 Å². The van der Waals surface area contributed by atoms with Gasteiger partial charge in [0.15, 0.2) is 0 Å². The normalized spacial score (nSPS) is 19.5. The Morgan fingerprint density at radius 3 is 2.63 bits per heavy atom. The summed E-state index contributed by atoms with van der Waals surface area (Å²) in [6.07, 6.45) is 0.523. The lowest BCUT2D eigenvalue weighted by Crippen LogP contribution is -2.47. The fraction of sp³-hybridized carbons (Fsp3) is 0.263. The first-order valence-electron chi connectivity index (χ1n) is 8.43. The molecular formula is C19H19Cl2N3O3. The van der Waals surface area contributed by atoms with E-state index in [4.69, 9.17) is 28.9 Å². The summed E-state index contributed by atoms with van der Waals surface area (Å²) < 4.78 is 0. The number of nitrogens with one attached hydrogen (secondary N) is 2. The first-order valence-corrected chi connectivity index (χ1v) is 9.19. The number of hydrogen-bond donors (Lipinski definition) is 4. The molecule has 3 atom stereocenters. The Morgan fingerprint density at radius 2 is 1.96 bits per heavy atom. The van der Waals surface area contributed by atoms with Crippen LogP contribution in [-0.4, -0.2) is 29.1 Å². The summed E-state index contributed by atoms with van der Waals surface area (Å²) in [5.74, 6) is -1.39. The van der Waals surface area contributed by atoms with Gasteiger partial charge in [0.1, 0.15) is 6.04 Å². The first-order chi connectivity index (χ1) is 12.8. The number of rotatable bonds is 5. The molecule has 0 saturated carbocycles. The molecular weight excluding hydrogens is 389 g/mol. The summed E-state index contributed by atoms with van der Waals surface area (Å²) in [6, 6.07) is 10.4. The van der Waals surface area contributed by atoms with Crippen molar-refractivity contribution < 1.29 is 14.7 Å². The second-order valence-corrected chi connectivity index (χ2v) is 7.32. The van der Waals surface area contributed by atoms with Crippen LogP contribution in [0.15, 0.2) is 42.5 Å². The van der Waals surface area contributed by atoms with Crippen LogP contribution in [0.25, 0.3) is 0 Å². The van der Waals surface area contributed by atoms with Crippen LogP contribution in [0.3, 0.4) is 0 Å². The summed E-state index contributed by atoms with van der Waals surface area (Å²) in [6.45, 7) is 0. The molecule has 27 heavy (non-hydrogen) atoms. The highest BCUT2D eigenvalue weighted by Crippen LogP contribution is 2.39. The smallest absolute Gasteiger partial charge is 0.326 e. The molecule has 1 aliphatic heterocycles. The van der Waals surface area contributed by atoms with E-state index in [2.05, 4.69) is 10.6 Å². The van der Waals surface area contributed by atoms with Crippen molar-refractivity contribution >= 4 is 40.8 Å². The van der Waals surface area contributed by atoms with E-state index >= 15 is 0 Å². The van der Waals surface area contributed by atoms with Crippen molar-refractivity contribution in [3.05, 3.63) is 63.6 Å². The zero-order chi connectivity index (χ0) is 19.6. The van der Waals surface area contributed by atoms with Gasteiger partial charge in [0.05, 0.1) is 12.1 Å². The molecule has 142 valence electrons. The molecule has 2 aromatic carbocycles. The second-order valence-electron chi connectivity index (χ2n) is 6.48. The van der Waals surface area contributed by atoms with E-state index in [1.54, 1.807) is 12.1 Å². The second kappa shape index (κ2) is 8.17. The van der Waals surface area contributed by atoms with E-state index < -0.39 is 24.1 Å². The molecule has 0 aliphatic carbocycles. The molecule has 3 rings (SSSR count). The Bertz CT molecular complexity index is 861. The van der Waals surface area contributed by atoms with Crippen molar-refractivity contribution in [2.45, 2.75) is 31.0 Å². The summed E-state index contributed by atoms with van der Waals surface area (Å²) in [5.41, 5.74) is 8.09. The van der Waals surface area contributed by atoms with Crippen LogP contribution < -0.4 is 16.4 Å². The highest BCUT2D eigenvalue weighted by atomic mass is 35.5. The highest BCUT2D eigenvalue weighted by molar-refractivity contribution is 6.35. The maximum Gasteiger partial charge on any atom is 0.326 e. The SMILES string of the molecule is N[C@H](Cc1ccccc1)C(=O)N[C@@H]1C[C@H](C(=O)O)Nc2cc(Cl)cc(Cl)c21. The third-order valence-corrected chi connectivity index (χ3v) is 5.02. The fourth-order valence-electron chi connectivity index (χ4n) is 3.19. The van der Waals surface area contributed by atoms with Gasteiger partial charge in [-0.05, 0) is 24.1 Å². The number of carboxylic acids is 1. The fourth-order valence-corrected chi connectivity index (χ4v) is 3.82. The number of nitrogens with two attached hydrogens (primary N) is 1. The Hall–Kier alpha value is -2.28. The number of hydrogen-bond acceptors (Lipinski definition) is 4. The van der Waals surface area contributed by atoms with Crippen molar-refractivity contribution in [1.29, 1.82) is 0 Å². The Morgan fingerprint density at radius 1 is 1.26 bits per heavy atom. The van der Waals surface area contributed by atoms with Crippen LogP contribution in [-0.2, 0) is 16.0 Å². The predicted molar refractivity (Wildman–Crippen MR) is 105 cm³/mol. The number of benzene rings is 2. The van der Waals surface area contributed by atoms with Crippen molar-refractivity contribution in [3.63, 3.8) is 0 Å². The molecule has 2 aromatic rings. The van der Waals surface area contributed by atoms with Crippen molar-refractivity contribution in [1.82, 2.24) is 5.32 Å². The van der Waals surface area contributed by atoms with Crippen molar-refractivity contribution in [2.75, 3.05) is 5.32 Å². The molecule has 8 heteroatoms. The molecule has 0 fully saturated rings. The van der Waals surface area contributed by atoms with Crippen LogP contribution in [0.2, 0.25) is 10.0 Å². The summed E-state index contributed by atoms with van der Waals surface area (Å²) >= 11 is 12.3. The lowest BCUT2D eigenvalue weighted by Gasteiger charge is -2.33. The van der Waals surface area contributed by atoms with Gasteiger partial charge >= 0.3 is 5.97 Å². The molecule has 6 nitrogen and oxygen atoms in total. The molecule has 5 N–H and O–H groups in total. The Kier molecular flexibility index (Phi) is 5.89.